The van der Waals surface area contributed by atoms with Crippen LogP contribution in [0.5, 0.6) is 11.6 Å². The highest BCUT2D eigenvalue weighted by atomic mass is 16.5. The third kappa shape index (κ3) is 3.12. The van der Waals surface area contributed by atoms with Gasteiger partial charge in [0.05, 0.1) is 5.52 Å². The molecule has 4 rings (SSSR count). The summed E-state index contributed by atoms with van der Waals surface area (Å²) < 4.78 is 7.28. The lowest BCUT2D eigenvalue weighted by molar-refractivity contribution is 0.102. The fourth-order valence-corrected chi connectivity index (χ4v) is 2.56. The molecular weight excluding hydrogens is 332 g/mol. The molecule has 8 nitrogen and oxygen atoms in total. The third-order valence-electron chi connectivity index (χ3n) is 3.89. The summed E-state index contributed by atoms with van der Waals surface area (Å²) in [6.45, 7) is 1.90. The minimum atomic E-state index is -0.214. The lowest BCUT2D eigenvalue weighted by atomic mass is 10.2. The van der Waals surface area contributed by atoms with Crippen LogP contribution >= 0.6 is 0 Å². The number of benzene rings is 2. The van der Waals surface area contributed by atoms with Gasteiger partial charge in [-0.15, -0.1) is 10.2 Å². The number of rotatable bonds is 4. The molecule has 2 aromatic carbocycles. The van der Waals surface area contributed by atoms with Gasteiger partial charge in [0.15, 0.2) is 0 Å². The molecule has 0 atom stereocenters. The van der Waals surface area contributed by atoms with E-state index in [4.69, 9.17) is 4.74 Å². The van der Waals surface area contributed by atoms with E-state index in [9.17, 15) is 4.79 Å². The Balaban J connectivity index is 1.46. The van der Waals surface area contributed by atoms with Gasteiger partial charge in [-0.2, -0.15) is 0 Å². The van der Waals surface area contributed by atoms with Crippen molar-refractivity contribution in [3.8, 4) is 11.6 Å². The highest BCUT2D eigenvalue weighted by molar-refractivity contribution is 6.05. The molecule has 4 aromatic rings. The molecule has 26 heavy (non-hydrogen) atoms. The maximum atomic E-state index is 12.4. The van der Waals surface area contributed by atoms with E-state index in [2.05, 4.69) is 25.8 Å². The highest BCUT2D eigenvalue weighted by Crippen LogP contribution is 2.22. The van der Waals surface area contributed by atoms with Gasteiger partial charge in [0, 0.05) is 30.1 Å². The number of fused-ring (bicyclic) bond motifs is 1. The molecule has 0 aliphatic carbocycles. The number of ether oxygens (including phenoxy) is 1. The van der Waals surface area contributed by atoms with Gasteiger partial charge in [-0.05, 0) is 49.4 Å². The number of nitrogens with one attached hydrogen (secondary N) is 2. The normalized spacial score (nSPS) is 10.8. The molecule has 0 fully saturated rings. The number of aromatic nitrogens is 5. The van der Waals surface area contributed by atoms with E-state index in [1.165, 1.54) is 0 Å². The zero-order valence-corrected chi connectivity index (χ0v) is 14.2. The standard InChI is InChI=1S/C18H16N6O2/c1-11-9-17(22-20-11)26-14-6-4-13(5-7-14)19-18(25)12-3-8-16-15(10-12)21-23-24(16)2/h3-10H,1-2H3,(H,19,25)(H,20,22). The number of hydrogen-bond donors (Lipinski definition) is 2. The number of H-pyrrole nitrogens is 1. The van der Waals surface area contributed by atoms with Crippen LogP contribution in [0.25, 0.3) is 11.0 Å². The number of carbonyl (C=O) groups is 1. The van der Waals surface area contributed by atoms with Gasteiger partial charge in [0.2, 0.25) is 5.88 Å². The Hall–Kier alpha value is -3.68. The largest absolute Gasteiger partial charge is 0.438 e. The Bertz CT molecular complexity index is 1080. The van der Waals surface area contributed by atoms with Gasteiger partial charge >= 0.3 is 0 Å². The lowest BCUT2D eigenvalue weighted by Crippen LogP contribution is -2.11. The second-order valence-corrected chi connectivity index (χ2v) is 5.89. The van der Waals surface area contributed by atoms with E-state index < -0.39 is 0 Å². The van der Waals surface area contributed by atoms with Gasteiger partial charge < -0.3 is 10.1 Å². The van der Waals surface area contributed by atoms with Gasteiger partial charge in [-0.1, -0.05) is 5.21 Å². The molecule has 0 saturated heterocycles. The molecule has 8 heteroatoms. The van der Waals surface area contributed by atoms with Crippen molar-refractivity contribution in [2.75, 3.05) is 5.32 Å². The van der Waals surface area contributed by atoms with E-state index in [1.54, 1.807) is 47.1 Å². The summed E-state index contributed by atoms with van der Waals surface area (Å²) in [4.78, 5) is 12.4. The molecule has 130 valence electrons. The van der Waals surface area contributed by atoms with Crippen LogP contribution < -0.4 is 10.1 Å². The van der Waals surface area contributed by atoms with Crippen LogP contribution in [0.4, 0.5) is 5.69 Å². The number of aryl methyl sites for hydroxylation is 2. The van der Waals surface area contributed by atoms with Crippen molar-refractivity contribution in [3.63, 3.8) is 0 Å². The van der Waals surface area contributed by atoms with Crippen molar-refractivity contribution >= 4 is 22.6 Å². The molecule has 0 aliphatic heterocycles. The van der Waals surface area contributed by atoms with E-state index in [-0.39, 0.29) is 5.91 Å². The number of hydrogen-bond acceptors (Lipinski definition) is 5. The number of nitrogens with zero attached hydrogens (tertiary/aromatic N) is 4. The fourth-order valence-electron chi connectivity index (χ4n) is 2.56. The van der Waals surface area contributed by atoms with Gasteiger partial charge in [-0.25, -0.2) is 4.68 Å². The van der Waals surface area contributed by atoms with Crippen LogP contribution in [0.3, 0.4) is 0 Å². The maximum Gasteiger partial charge on any atom is 0.255 e. The molecule has 2 N–H and O–H groups in total. The Kier molecular flexibility index (Phi) is 3.85. The number of anilines is 1. The first kappa shape index (κ1) is 15.8. The first-order chi connectivity index (χ1) is 12.6. The van der Waals surface area contributed by atoms with Gasteiger partial charge in [0.25, 0.3) is 5.91 Å². The topological polar surface area (TPSA) is 97.7 Å². The van der Waals surface area contributed by atoms with Crippen LogP contribution in [0.15, 0.2) is 48.5 Å². The molecule has 0 aliphatic rings. The molecule has 0 unspecified atom stereocenters. The number of aromatic amines is 1. The Morgan fingerprint density at radius 2 is 1.96 bits per heavy atom. The Labute approximate surface area is 148 Å². The van der Waals surface area contributed by atoms with Gasteiger partial charge in [0.1, 0.15) is 11.3 Å². The van der Waals surface area contributed by atoms with Crippen LogP contribution in [0.2, 0.25) is 0 Å². The number of amides is 1. The lowest BCUT2D eigenvalue weighted by Gasteiger charge is -2.07. The Morgan fingerprint density at radius 3 is 2.69 bits per heavy atom. The zero-order chi connectivity index (χ0) is 18.1. The number of carbonyl (C=O) groups excluding carboxylic acids is 1. The second kappa shape index (κ2) is 6.32. The molecule has 1 amide bonds. The summed E-state index contributed by atoms with van der Waals surface area (Å²) in [7, 11) is 1.81. The van der Waals surface area contributed by atoms with E-state index in [0.717, 1.165) is 11.2 Å². The first-order valence-corrected chi connectivity index (χ1v) is 7.99. The molecule has 0 radical (unpaired) electrons. The maximum absolute atomic E-state index is 12.4. The molecule has 2 aromatic heterocycles. The minimum Gasteiger partial charge on any atom is -0.438 e. The van der Waals surface area contributed by atoms with Crippen LogP contribution in [-0.2, 0) is 7.05 Å². The summed E-state index contributed by atoms with van der Waals surface area (Å²) in [6.07, 6.45) is 0. The van der Waals surface area contributed by atoms with Crippen LogP contribution in [0.1, 0.15) is 16.1 Å². The average Bonchev–Trinajstić information content (AvgIpc) is 3.22. The van der Waals surface area contributed by atoms with Crippen LogP contribution in [-0.4, -0.2) is 31.1 Å². The average molecular weight is 348 g/mol. The summed E-state index contributed by atoms with van der Waals surface area (Å²) in [6, 6.07) is 14.2. The highest BCUT2D eigenvalue weighted by Gasteiger charge is 2.10. The SMILES string of the molecule is Cc1cc(Oc2ccc(NC(=O)c3ccc4c(c3)nnn4C)cc2)n[nH]1. The van der Waals surface area contributed by atoms with Crippen LogP contribution in [0, 0.1) is 6.92 Å². The van der Waals surface area contributed by atoms with E-state index >= 15 is 0 Å². The Morgan fingerprint density at radius 1 is 1.15 bits per heavy atom. The summed E-state index contributed by atoms with van der Waals surface area (Å²) in [5.74, 6) is 0.918. The second-order valence-electron chi connectivity index (χ2n) is 5.89. The van der Waals surface area contributed by atoms with Crippen molar-refractivity contribution in [3.05, 3.63) is 59.8 Å². The van der Waals surface area contributed by atoms with Gasteiger partial charge in [-0.3, -0.25) is 9.89 Å². The zero-order valence-electron chi connectivity index (χ0n) is 14.2. The van der Waals surface area contributed by atoms with E-state index in [0.29, 0.717) is 28.4 Å². The van der Waals surface area contributed by atoms with E-state index in [1.807, 2.05) is 20.0 Å². The molecular formula is C18H16N6O2. The predicted molar refractivity (Wildman–Crippen MR) is 96.3 cm³/mol. The van der Waals surface area contributed by atoms with Crippen molar-refractivity contribution in [2.45, 2.75) is 6.92 Å². The monoisotopic (exact) mass is 348 g/mol. The molecule has 2 heterocycles. The van der Waals surface area contributed by atoms with Crippen molar-refractivity contribution in [2.24, 2.45) is 7.05 Å². The smallest absolute Gasteiger partial charge is 0.255 e. The minimum absolute atomic E-state index is 0.214. The molecule has 0 saturated carbocycles. The summed E-state index contributed by atoms with van der Waals surface area (Å²) in [5.41, 5.74) is 3.66. The quantitative estimate of drug-likeness (QED) is 0.591. The molecule has 0 spiro atoms. The fraction of sp³-hybridized carbons (Fsp3) is 0.111. The predicted octanol–water partition coefficient (Wildman–Crippen LogP) is 3.04. The summed E-state index contributed by atoms with van der Waals surface area (Å²) in [5, 5.41) is 17.7. The summed E-state index contributed by atoms with van der Waals surface area (Å²) >= 11 is 0. The molecule has 0 bridgehead atoms. The van der Waals surface area contributed by atoms with Crippen molar-refractivity contribution in [1.29, 1.82) is 0 Å². The van der Waals surface area contributed by atoms with Crippen molar-refractivity contribution in [1.82, 2.24) is 25.2 Å². The first-order valence-electron chi connectivity index (χ1n) is 7.99. The third-order valence-corrected chi connectivity index (χ3v) is 3.89. The van der Waals surface area contributed by atoms with Crippen molar-refractivity contribution < 1.29 is 9.53 Å².